The van der Waals surface area contributed by atoms with Gasteiger partial charge in [-0.05, 0) is 23.6 Å². The molecule has 1 fully saturated rings. The summed E-state index contributed by atoms with van der Waals surface area (Å²) in [5.74, 6) is -2.65. The number of aromatic hydroxyl groups is 2. The van der Waals surface area contributed by atoms with E-state index in [1.54, 1.807) is 0 Å². The lowest BCUT2D eigenvalue weighted by atomic mass is 9.95. The van der Waals surface area contributed by atoms with E-state index < -0.39 is 23.5 Å². The van der Waals surface area contributed by atoms with Crippen LogP contribution < -0.4 is 0 Å². The molecule has 1 saturated heterocycles. The van der Waals surface area contributed by atoms with Gasteiger partial charge < -0.3 is 20.2 Å². The molecule has 29 heavy (non-hydrogen) atoms. The number of Topliss-reactive ketones (excluding diaryl/α,β-unsaturated/α-hetero) is 1. The maximum absolute atomic E-state index is 12.8. The Morgan fingerprint density at radius 1 is 1.17 bits per heavy atom. The monoisotopic (exact) mass is 409 g/mol. The molecule has 0 aliphatic carbocycles. The molecule has 2 aromatic heterocycles. The summed E-state index contributed by atoms with van der Waals surface area (Å²) in [4.78, 5) is 35.6. The minimum Gasteiger partial charge on any atom is -0.508 e. The second-order valence-corrected chi connectivity index (χ2v) is 7.37. The molecule has 0 bridgehead atoms. The molecule has 1 aromatic carbocycles. The van der Waals surface area contributed by atoms with E-state index in [0.717, 1.165) is 10.9 Å². The largest absolute Gasteiger partial charge is 0.508 e. The van der Waals surface area contributed by atoms with Gasteiger partial charge in [0.25, 0.3) is 11.7 Å². The Labute approximate surface area is 169 Å². The van der Waals surface area contributed by atoms with Crippen LogP contribution in [-0.4, -0.2) is 41.9 Å². The normalized spacial score (nSPS) is 18.3. The molecule has 3 aromatic rings. The van der Waals surface area contributed by atoms with Crippen molar-refractivity contribution in [3.8, 4) is 11.5 Å². The lowest BCUT2D eigenvalue weighted by Crippen LogP contribution is -2.28. The van der Waals surface area contributed by atoms with Gasteiger partial charge in [0, 0.05) is 28.9 Å². The third kappa shape index (κ3) is 3.32. The second kappa shape index (κ2) is 7.36. The van der Waals surface area contributed by atoms with Crippen molar-refractivity contribution >= 4 is 28.8 Å². The molecule has 0 saturated carbocycles. The number of aromatic nitrogens is 2. The Balaban J connectivity index is 1.90. The highest BCUT2D eigenvalue weighted by molar-refractivity contribution is 7.09. The van der Waals surface area contributed by atoms with Crippen molar-refractivity contribution in [2.45, 2.75) is 12.6 Å². The number of carbonyl (C=O) groups is 2. The molecule has 1 unspecified atom stereocenters. The average molecular weight is 409 g/mol. The van der Waals surface area contributed by atoms with Crippen molar-refractivity contribution < 1.29 is 24.9 Å². The number of phenols is 2. The first-order valence-corrected chi connectivity index (χ1v) is 9.44. The number of benzene rings is 1. The molecule has 146 valence electrons. The molecule has 0 radical (unpaired) electrons. The maximum atomic E-state index is 12.8. The van der Waals surface area contributed by atoms with Gasteiger partial charge in [-0.3, -0.25) is 14.6 Å². The molecular formula is C20H15N3O5S. The summed E-state index contributed by atoms with van der Waals surface area (Å²) in [6.45, 7) is 0.116. The van der Waals surface area contributed by atoms with Crippen molar-refractivity contribution in [2.75, 3.05) is 0 Å². The number of likely N-dealkylation sites (tertiary alicyclic amines) is 1. The number of amides is 1. The van der Waals surface area contributed by atoms with Gasteiger partial charge in [0.15, 0.2) is 5.76 Å². The minimum atomic E-state index is -1.06. The number of hydrogen-bond acceptors (Lipinski definition) is 8. The lowest BCUT2D eigenvalue weighted by Gasteiger charge is -2.25. The summed E-state index contributed by atoms with van der Waals surface area (Å²) in [6, 6.07) is 6.45. The van der Waals surface area contributed by atoms with Gasteiger partial charge in [0.1, 0.15) is 17.2 Å². The number of aliphatic hydroxyl groups excluding tert-OH is 1. The molecule has 0 spiro atoms. The molecule has 1 aliphatic rings. The molecule has 9 heteroatoms. The Bertz CT molecular complexity index is 1110. The highest BCUT2D eigenvalue weighted by atomic mass is 32.1. The summed E-state index contributed by atoms with van der Waals surface area (Å²) in [5, 5.41) is 32.6. The standard InChI is InChI=1S/C20H15N3O5S/c24-11-3-4-13(15(25)8-11)17-16(18(26)14-9-21-5-6-22-14)19(27)20(28)23(17)10-12-2-1-7-29-12/h1-9,17,24-26H,10H2/b18-16+. The van der Waals surface area contributed by atoms with Crippen LogP contribution >= 0.6 is 11.3 Å². The van der Waals surface area contributed by atoms with Gasteiger partial charge in [0.05, 0.1) is 24.4 Å². The van der Waals surface area contributed by atoms with E-state index in [1.165, 1.54) is 47.0 Å². The molecule has 1 amide bonds. The predicted molar refractivity (Wildman–Crippen MR) is 104 cm³/mol. The number of phenolic OH excluding ortho intramolecular Hbond substituents is 2. The minimum absolute atomic E-state index is 0.0323. The van der Waals surface area contributed by atoms with Crippen molar-refractivity contribution in [1.29, 1.82) is 0 Å². The van der Waals surface area contributed by atoms with Crippen LogP contribution in [0.15, 0.2) is 59.9 Å². The third-order valence-electron chi connectivity index (χ3n) is 4.56. The molecule has 3 heterocycles. The third-order valence-corrected chi connectivity index (χ3v) is 5.42. The van der Waals surface area contributed by atoms with E-state index in [4.69, 9.17) is 0 Å². The summed E-state index contributed by atoms with van der Waals surface area (Å²) >= 11 is 1.41. The maximum Gasteiger partial charge on any atom is 0.295 e. The summed E-state index contributed by atoms with van der Waals surface area (Å²) < 4.78 is 0. The van der Waals surface area contributed by atoms with Gasteiger partial charge >= 0.3 is 0 Å². The fourth-order valence-electron chi connectivity index (χ4n) is 3.26. The van der Waals surface area contributed by atoms with Gasteiger partial charge in [0.2, 0.25) is 0 Å². The average Bonchev–Trinajstić information content (AvgIpc) is 3.31. The van der Waals surface area contributed by atoms with Crippen LogP contribution in [0.25, 0.3) is 5.76 Å². The van der Waals surface area contributed by atoms with E-state index in [-0.39, 0.29) is 34.9 Å². The Hall–Kier alpha value is -3.72. The summed E-state index contributed by atoms with van der Waals surface area (Å²) in [5.41, 5.74) is 0.0296. The number of hydrogen-bond donors (Lipinski definition) is 3. The highest BCUT2D eigenvalue weighted by Crippen LogP contribution is 2.43. The smallest absolute Gasteiger partial charge is 0.295 e. The first-order chi connectivity index (χ1) is 14.0. The van der Waals surface area contributed by atoms with E-state index in [0.29, 0.717) is 0 Å². The van der Waals surface area contributed by atoms with Crippen LogP contribution in [-0.2, 0) is 16.1 Å². The number of ketones is 1. The zero-order valence-corrected chi connectivity index (χ0v) is 15.7. The molecule has 1 aliphatic heterocycles. The SMILES string of the molecule is O=C1C(=O)N(Cc2cccs2)C(c2ccc(O)cc2O)/C1=C(\O)c1cnccn1. The highest BCUT2D eigenvalue weighted by Gasteiger charge is 2.47. The first-order valence-electron chi connectivity index (χ1n) is 8.56. The van der Waals surface area contributed by atoms with Gasteiger partial charge in [-0.15, -0.1) is 11.3 Å². The zero-order valence-electron chi connectivity index (χ0n) is 14.9. The van der Waals surface area contributed by atoms with Crippen molar-refractivity contribution in [2.24, 2.45) is 0 Å². The number of carbonyl (C=O) groups excluding carboxylic acids is 2. The van der Waals surface area contributed by atoms with Crippen LogP contribution in [0.1, 0.15) is 22.2 Å². The van der Waals surface area contributed by atoms with E-state index in [1.807, 2.05) is 17.5 Å². The topological polar surface area (TPSA) is 124 Å². The van der Waals surface area contributed by atoms with Gasteiger partial charge in [-0.25, -0.2) is 4.98 Å². The van der Waals surface area contributed by atoms with Crippen LogP contribution in [0.4, 0.5) is 0 Å². The second-order valence-electron chi connectivity index (χ2n) is 6.34. The van der Waals surface area contributed by atoms with E-state index in [9.17, 15) is 24.9 Å². The number of aliphatic hydroxyl groups is 1. The lowest BCUT2D eigenvalue weighted by molar-refractivity contribution is -0.140. The quantitative estimate of drug-likeness (QED) is 0.344. The van der Waals surface area contributed by atoms with E-state index >= 15 is 0 Å². The Morgan fingerprint density at radius 2 is 2.00 bits per heavy atom. The van der Waals surface area contributed by atoms with Crippen LogP contribution in [0.3, 0.4) is 0 Å². The van der Waals surface area contributed by atoms with Crippen LogP contribution in [0.5, 0.6) is 11.5 Å². The molecule has 4 rings (SSSR count). The van der Waals surface area contributed by atoms with Crippen molar-refractivity contribution in [3.63, 3.8) is 0 Å². The number of thiophene rings is 1. The first kappa shape index (κ1) is 18.6. The van der Waals surface area contributed by atoms with Gasteiger partial charge in [-0.1, -0.05) is 6.07 Å². The molecule has 3 N–H and O–H groups in total. The molecule has 1 atom stereocenters. The number of rotatable bonds is 4. The fraction of sp³-hybridized carbons (Fsp3) is 0.100. The Morgan fingerprint density at radius 3 is 2.66 bits per heavy atom. The Kier molecular flexibility index (Phi) is 4.73. The molecular weight excluding hydrogens is 394 g/mol. The van der Waals surface area contributed by atoms with E-state index in [2.05, 4.69) is 9.97 Å². The van der Waals surface area contributed by atoms with Crippen molar-refractivity contribution in [1.82, 2.24) is 14.9 Å². The number of nitrogens with zero attached hydrogens (tertiary/aromatic N) is 3. The van der Waals surface area contributed by atoms with Crippen LogP contribution in [0, 0.1) is 0 Å². The predicted octanol–water partition coefficient (Wildman–Crippen LogP) is 2.57. The van der Waals surface area contributed by atoms with Gasteiger partial charge in [-0.2, -0.15) is 0 Å². The zero-order chi connectivity index (χ0) is 20.5. The van der Waals surface area contributed by atoms with Crippen LogP contribution in [0.2, 0.25) is 0 Å². The fourth-order valence-corrected chi connectivity index (χ4v) is 3.96. The summed E-state index contributed by atoms with van der Waals surface area (Å²) in [6.07, 6.45) is 4.04. The summed E-state index contributed by atoms with van der Waals surface area (Å²) in [7, 11) is 0. The van der Waals surface area contributed by atoms with Crippen molar-refractivity contribution in [3.05, 3.63) is 76.0 Å². The molecule has 8 nitrogen and oxygen atoms in total.